The van der Waals surface area contributed by atoms with Gasteiger partial charge in [0.2, 0.25) is 5.95 Å². The lowest BCUT2D eigenvalue weighted by molar-refractivity contribution is -0.809. The molecule has 7 heterocycles. The minimum atomic E-state index is -5.75. The number of anilines is 1. The van der Waals surface area contributed by atoms with Crippen LogP contribution in [0.5, 0.6) is 5.75 Å². The molecule has 0 aliphatic carbocycles. The van der Waals surface area contributed by atoms with Crippen molar-refractivity contribution in [2.24, 2.45) is 9.98 Å². The number of aromatic nitrogens is 4. The predicted molar refractivity (Wildman–Crippen MR) is 276 cm³/mol. The average molecular weight is 1020 g/mol. The van der Waals surface area contributed by atoms with E-state index in [0.717, 1.165) is 23.5 Å². The molecule has 2 unspecified atom stereocenters. The Kier molecular flexibility index (Phi) is 17.5. The van der Waals surface area contributed by atoms with Crippen LogP contribution in [0.3, 0.4) is 0 Å². The molecule has 5 aliphatic rings. The Bertz CT molecular complexity index is 2670. The number of fused-ring (bicyclic) bond motifs is 3. The number of nitrogens with one attached hydrogen (secondary N) is 4. The zero-order valence-corrected chi connectivity index (χ0v) is 43.6. The summed E-state index contributed by atoms with van der Waals surface area (Å²) in [4.78, 5) is 74.4. The van der Waals surface area contributed by atoms with Gasteiger partial charge in [-0.15, -0.1) is 0 Å². The molecule has 0 radical (unpaired) electrons. The number of hydrogen-bond donors (Lipinski definition) is 5. The number of amidine groups is 2. The Labute approximate surface area is 422 Å². The number of aromatic amines is 1. The van der Waals surface area contributed by atoms with E-state index in [4.69, 9.17) is 13.9 Å². The highest BCUT2D eigenvalue weighted by atomic mass is 31.2. The first kappa shape index (κ1) is 53.1. The molecular weight excluding hydrogens is 954 g/mol. The smallest absolute Gasteiger partial charge is 0.280 e. The number of quaternary nitrogens is 2. The number of para-hydroxylation sites is 1. The van der Waals surface area contributed by atoms with E-state index in [9.17, 15) is 29.0 Å². The van der Waals surface area contributed by atoms with Gasteiger partial charge < -0.3 is 33.4 Å². The quantitative estimate of drug-likeness (QED) is 0.0949. The number of nitrogens with zero attached hydrogens (tertiary/aromatic N) is 5. The first-order valence-corrected chi connectivity index (χ1v) is 29.0. The summed E-state index contributed by atoms with van der Waals surface area (Å²) in [6.45, 7) is 12.8. The Morgan fingerprint density at radius 1 is 0.847 bits per heavy atom. The highest BCUT2D eigenvalue weighted by Gasteiger charge is 2.55. The first-order valence-electron chi connectivity index (χ1n) is 25.5. The van der Waals surface area contributed by atoms with Crippen molar-refractivity contribution in [1.29, 1.82) is 0 Å². The molecule has 18 nitrogen and oxygen atoms in total. The molecule has 5 aliphatic heterocycles. The normalized spacial score (nSPS) is 23.5. The highest BCUT2D eigenvalue weighted by Crippen LogP contribution is 2.54. The van der Waals surface area contributed by atoms with Crippen LogP contribution in [0.15, 0.2) is 112 Å². The Morgan fingerprint density at radius 3 is 1.93 bits per heavy atom. The topological polar surface area (TPSA) is 237 Å². The molecule has 72 heavy (non-hydrogen) atoms. The summed E-state index contributed by atoms with van der Waals surface area (Å²) in [6, 6.07) is 27.8. The van der Waals surface area contributed by atoms with Gasteiger partial charge in [0.15, 0.2) is 29.4 Å². The number of H-pyrrole nitrogens is 1. The monoisotopic (exact) mass is 1020 g/mol. The van der Waals surface area contributed by atoms with Crippen LogP contribution in [0.4, 0.5) is 5.95 Å². The number of aliphatic imine (C=N–C) groups is 2. The summed E-state index contributed by atoms with van der Waals surface area (Å²) in [5.41, 5.74) is -0.929. The van der Waals surface area contributed by atoms with Crippen LogP contribution in [0, 0.1) is 0 Å². The van der Waals surface area contributed by atoms with Crippen molar-refractivity contribution in [2.45, 2.75) is 114 Å². The van der Waals surface area contributed by atoms with Gasteiger partial charge in [-0.2, -0.15) is 4.98 Å². The maximum atomic E-state index is 12.9. The number of imidazole rings is 1. The first-order chi connectivity index (χ1) is 34.7. The van der Waals surface area contributed by atoms with E-state index < -0.39 is 63.1 Å². The minimum absolute atomic E-state index is 0.0828. The lowest BCUT2D eigenvalue weighted by Gasteiger charge is -2.47. The maximum Gasteiger partial charge on any atom is 0.280 e. The Morgan fingerprint density at radius 2 is 1.39 bits per heavy atom. The molecule has 386 valence electrons. The van der Waals surface area contributed by atoms with Gasteiger partial charge in [-0.25, -0.2) is 15.0 Å². The van der Waals surface area contributed by atoms with Crippen LogP contribution in [-0.4, -0.2) is 114 Å². The van der Waals surface area contributed by atoms with Gasteiger partial charge in [0.05, 0.1) is 39.1 Å². The largest absolute Gasteiger partial charge is 0.809 e. The van der Waals surface area contributed by atoms with Crippen LogP contribution in [0.1, 0.15) is 97.6 Å². The van der Waals surface area contributed by atoms with E-state index in [1.807, 2.05) is 81.4 Å². The van der Waals surface area contributed by atoms with E-state index >= 15 is 0 Å². The van der Waals surface area contributed by atoms with Gasteiger partial charge >= 0.3 is 0 Å². The van der Waals surface area contributed by atoms with E-state index in [1.165, 1.54) is 113 Å². The number of carbonyl (C=O) groups excluding carboxylic acids is 1. The number of ether oxygens (including phenoxy) is 2. The highest BCUT2D eigenvalue weighted by molar-refractivity contribution is 7.50. The lowest BCUT2D eigenvalue weighted by Crippen LogP contribution is -3.15. The molecule has 5 aromatic rings. The van der Waals surface area contributed by atoms with Crippen molar-refractivity contribution in [1.82, 2.24) is 19.5 Å². The molecule has 5 atom stereocenters. The second-order valence-electron chi connectivity index (χ2n) is 20.2. The fourth-order valence-electron chi connectivity index (χ4n) is 10.5. The number of rotatable bonds is 11. The summed E-state index contributed by atoms with van der Waals surface area (Å²) in [5.74, 6) is 2.57. The van der Waals surface area contributed by atoms with Crippen molar-refractivity contribution < 1.29 is 48.0 Å². The van der Waals surface area contributed by atoms with Gasteiger partial charge in [0, 0.05) is 45.2 Å². The Hall–Kier alpha value is -5.21. The van der Waals surface area contributed by atoms with Gasteiger partial charge in [0.1, 0.15) is 23.4 Å². The summed E-state index contributed by atoms with van der Waals surface area (Å²) in [6.07, 6.45) is 11.1. The van der Waals surface area contributed by atoms with Gasteiger partial charge in [-0.1, -0.05) is 99.6 Å². The second-order valence-corrected chi connectivity index (χ2v) is 26.3. The third-order valence-corrected chi connectivity index (χ3v) is 20.7. The maximum absolute atomic E-state index is 12.9. The van der Waals surface area contributed by atoms with Crippen LogP contribution in [0.25, 0.3) is 11.2 Å². The van der Waals surface area contributed by atoms with E-state index in [-0.39, 0.29) is 23.7 Å². The number of hydrogen-bond acceptors (Lipinski definition) is 13. The van der Waals surface area contributed by atoms with Crippen molar-refractivity contribution in [3.8, 4) is 5.75 Å². The van der Waals surface area contributed by atoms with Crippen molar-refractivity contribution >= 4 is 61.0 Å². The van der Waals surface area contributed by atoms with Crippen LogP contribution in [-0.2, 0) is 18.5 Å². The van der Waals surface area contributed by atoms with Crippen molar-refractivity contribution in [2.75, 3.05) is 57.8 Å². The summed E-state index contributed by atoms with van der Waals surface area (Å²) >= 11 is 0. The zero-order chi connectivity index (χ0) is 50.8. The Balaban J connectivity index is 0.000000254. The molecule has 5 N–H and O–H groups in total. The molecule has 3 aromatic carbocycles. The lowest BCUT2D eigenvalue weighted by atomic mass is 10.2. The number of amides is 1. The molecule has 1 amide bonds. The van der Waals surface area contributed by atoms with E-state index in [2.05, 4.69) is 30.3 Å². The molecule has 20 heteroatoms. The second kappa shape index (κ2) is 23.8. The van der Waals surface area contributed by atoms with Crippen LogP contribution >= 0.6 is 7.60 Å². The summed E-state index contributed by atoms with van der Waals surface area (Å²) < 4.78 is 32.4. The van der Waals surface area contributed by atoms with Crippen LogP contribution < -0.4 is 45.6 Å². The molecule has 3 fully saturated rings. The number of benzene rings is 3. The average Bonchev–Trinajstić information content (AvgIpc) is 3.74. The summed E-state index contributed by atoms with van der Waals surface area (Å²) in [7, 11) is -8.99. The third kappa shape index (κ3) is 12.4. The fourth-order valence-corrected chi connectivity index (χ4v) is 16.0. The van der Waals surface area contributed by atoms with Crippen molar-refractivity contribution in [3.05, 3.63) is 108 Å². The van der Waals surface area contributed by atoms with Crippen LogP contribution in [0.2, 0.25) is 5.04 Å². The number of aliphatic hydroxyl groups is 1. The van der Waals surface area contributed by atoms with E-state index in [0.29, 0.717) is 5.75 Å². The molecule has 3 saturated heterocycles. The molecule has 0 spiro atoms. The zero-order valence-electron chi connectivity index (χ0n) is 41.7. The SMILES string of the molecule is C1CCC2=NCCC[NH+]2CC1.C1CCC2=NCCC[NH+]2CC1.CC(C)(C)[Si](OC[C@H]1O[C@@H](n2cnc3c(=O)[nH]c(NC(=O)COc4ccccc4)nc32)C[C@@]1(O)P(=O)([O-])[O-])(c1ccccc1)c1ccccc1. The molecule has 0 bridgehead atoms. The molecular formula is C52H70N9O9PSi. The van der Waals surface area contributed by atoms with Gasteiger partial charge in [0.25, 0.3) is 19.8 Å². The standard InChI is InChI=1S/C34H38N5O9PSi.2C9H16N2/c1-33(2,3)50(24-15-9-5-10-16-24,25-17-11-6-12-18-25)47-20-26-34(42,49(43,44)45)19-28(48-26)39-22-35-29-30(39)37-32(38-31(29)41)36-27(40)21-46-23-13-7-4-8-14-23;2*1-2-5-9-10-6-4-8-11(9)7-3-1/h4-18,22,26,28,42H,19-21H2,1-3H3,(H2,43,44,45)(H2,36,37,38,40,41);2*1-8H2/t26-,28-,34-;;/m1../s1. The molecule has 2 aromatic heterocycles. The third-order valence-electron chi connectivity index (χ3n) is 14.2. The number of carbonyl (C=O) groups is 1. The predicted octanol–water partition coefficient (Wildman–Crippen LogP) is 2.10. The van der Waals surface area contributed by atoms with E-state index in [1.54, 1.807) is 40.1 Å². The summed E-state index contributed by atoms with van der Waals surface area (Å²) in [5, 5.41) is 12.5. The van der Waals surface area contributed by atoms with Gasteiger partial charge in [-0.3, -0.25) is 34.3 Å². The fraction of sp³-hybridized carbons (Fsp3) is 0.500. The minimum Gasteiger partial charge on any atom is -0.809 e. The molecule has 10 rings (SSSR count). The molecule has 0 saturated carbocycles. The van der Waals surface area contributed by atoms with Gasteiger partial charge in [-0.05, 0) is 73.7 Å². The van der Waals surface area contributed by atoms with Crippen molar-refractivity contribution in [3.63, 3.8) is 0 Å².